The van der Waals surface area contributed by atoms with Gasteiger partial charge in [0.2, 0.25) is 5.91 Å². The molecule has 2 aromatic rings. The molecule has 0 aliphatic heterocycles. The van der Waals surface area contributed by atoms with E-state index >= 15 is 0 Å². The normalized spacial score (nSPS) is 10.6. The monoisotopic (exact) mass is 369 g/mol. The Morgan fingerprint density at radius 2 is 1.67 bits per heavy atom. The number of carbonyl (C=O) groups excluding carboxylic acids is 1. The van der Waals surface area contributed by atoms with Crippen LogP contribution < -0.4 is 20.3 Å². The quantitative estimate of drug-likeness (QED) is 0.593. The number of hydrogen-bond donors (Lipinski definition) is 2. The fourth-order valence-electron chi connectivity index (χ4n) is 2.94. The van der Waals surface area contributed by atoms with E-state index in [4.69, 9.17) is 4.74 Å². The second-order valence-corrected chi connectivity index (χ2v) is 6.75. The largest absolute Gasteiger partial charge is 0.494 e. The van der Waals surface area contributed by atoms with Crippen molar-refractivity contribution in [1.82, 2.24) is 0 Å². The van der Waals surface area contributed by atoms with Crippen molar-refractivity contribution in [1.29, 1.82) is 0 Å². The van der Waals surface area contributed by atoms with E-state index in [0.717, 1.165) is 36.6 Å². The minimum absolute atomic E-state index is 0.0567. The molecule has 2 N–H and O–H groups in total. The Hall–Kier alpha value is -2.69. The molecule has 0 aliphatic rings. The highest BCUT2D eigenvalue weighted by Crippen LogP contribution is 2.22. The summed E-state index contributed by atoms with van der Waals surface area (Å²) in [5.74, 6) is 0.855. The summed E-state index contributed by atoms with van der Waals surface area (Å²) in [7, 11) is 0. The summed E-state index contributed by atoms with van der Waals surface area (Å²) < 4.78 is 5.53. The van der Waals surface area contributed by atoms with Gasteiger partial charge in [-0.3, -0.25) is 4.79 Å². The molecule has 27 heavy (non-hydrogen) atoms. The molecule has 0 unspecified atom stereocenters. The second kappa shape index (κ2) is 10.5. The standard InChI is InChI=1S/C22H31N3O2/c1-5-27-22-13-11-21(12-14-22)25(17(2)3)16-6-15-23-19-7-9-20(10-8-19)24-18(4)26/h7-14,17,23H,5-6,15-16H2,1-4H3,(H,24,26). The van der Waals surface area contributed by atoms with Gasteiger partial charge in [0.1, 0.15) is 5.75 Å². The Bertz CT molecular complexity index is 697. The van der Waals surface area contributed by atoms with Gasteiger partial charge in [-0.15, -0.1) is 0 Å². The summed E-state index contributed by atoms with van der Waals surface area (Å²) in [6.45, 7) is 10.5. The SMILES string of the molecule is CCOc1ccc(N(CCCNc2ccc(NC(C)=O)cc2)C(C)C)cc1. The molecule has 0 saturated carbocycles. The van der Waals surface area contributed by atoms with Crippen LogP contribution in [0.4, 0.5) is 17.1 Å². The second-order valence-electron chi connectivity index (χ2n) is 6.75. The number of anilines is 3. The van der Waals surface area contributed by atoms with Gasteiger partial charge in [-0.25, -0.2) is 0 Å². The maximum Gasteiger partial charge on any atom is 0.221 e. The minimum atomic E-state index is -0.0567. The van der Waals surface area contributed by atoms with Gasteiger partial charge < -0.3 is 20.3 Å². The van der Waals surface area contributed by atoms with Crippen LogP contribution in [0, 0.1) is 0 Å². The van der Waals surface area contributed by atoms with Crippen molar-refractivity contribution >= 4 is 23.0 Å². The highest BCUT2D eigenvalue weighted by Gasteiger charge is 2.10. The molecule has 2 rings (SSSR count). The molecule has 0 bridgehead atoms. The Labute approximate surface area is 162 Å². The average molecular weight is 370 g/mol. The minimum Gasteiger partial charge on any atom is -0.494 e. The number of carbonyl (C=O) groups is 1. The molecule has 0 spiro atoms. The van der Waals surface area contributed by atoms with E-state index in [0.29, 0.717) is 12.6 Å². The van der Waals surface area contributed by atoms with Crippen LogP contribution in [0.1, 0.15) is 34.1 Å². The summed E-state index contributed by atoms with van der Waals surface area (Å²) in [5, 5.41) is 6.21. The van der Waals surface area contributed by atoms with Crippen LogP contribution >= 0.6 is 0 Å². The van der Waals surface area contributed by atoms with Crippen molar-refractivity contribution in [2.75, 3.05) is 35.2 Å². The van der Waals surface area contributed by atoms with Gasteiger partial charge in [0, 0.05) is 43.1 Å². The number of benzene rings is 2. The molecule has 0 saturated heterocycles. The molecule has 2 aromatic carbocycles. The van der Waals surface area contributed by atoms with E-state index in [-0.39, 0.29) is 5.91 Å². The lowest BCUT2D eigenvalue weighted by atomic mass is 10.2. The van der Waals surface area contributed by atoms with Gasteiger partial charge in [-0.2, -0.15) is 0 Å². The molecular weight excluding hydrogens is 338 g/mol. The third kappa shape index (κ3) is 6.85. The first-order valence-electron chi connectivity index (χ1n) is 9.60. The maximum atomic E-state index is 11.1. The Balaban J connectivity index is 1.83. The molecule has 1 amide bonds. The van der Waals surface area contributed by atoms with Crippen molar-refractivity contribution in [2.24, 2.45) is 0 Å². The van der Waals surface area contributed by atoms with Gasteiger partial charge in [0.05, 0.1) is 6.61 Å². The maximum absolute atomic E-state index is 11.1. The van der Waals surface area contributed by atoms with Crippen molar-refractivity contribution in [3.05, 3.63) is 48.5 Å². The zero-order chi connectivity index (χ0) is 19.6. The number of hydrogen-bond acceptors (Lipinski definition) is 4. The van der Waals surface area contributed by atoms with Gasteiger partial charge >= 0.3 is 0 Å². The number of ether oxygens (including phenoxy) is 1. The summed E-state index contributed by atoms with van der Waals surface area (Å²) in [5.41, 5.74) is 3.09. The average Bonchev–Trinajstić information content (AvgIpc) is 2.63. The lowest BCUT2D eigenvalue weighted by Crippen LogP contribution is -2.32. The van der Waals surface area contributed by atoms with Crippen LogP contribution in [0.25, 0.3) is 0 Å². The first kappa shape index (κ1) is 20.6. The van der Waals surface area contributed by atoms with Gasteiger partial charge in [-0.05, 0) is 75.7 Å². The summed E-state index contributed by atoms with van der Waals surface area (Å²) in [4.78, 5) is 13.5. The third-order valence-electron chi connectivity index (χ3n) is 4.21. The number of rotatable bonds is 10. The molecule has 0 atom stereocenters. The summed E-state index contributed by atoms with van der Waals surface area (Å²) in [6.07, 6.45) is 1.03. The first-order chi connectivity index (χ1) is 13.0. The third-order valence-corrected chi connectivity index (χ3v) is 4.21. The fraction of sp³-hybridized carbons (Fsp3) is 0.409. The molecule has 0 aliphatic carbocycles. The van der Waals surface area contributed by atoms with Crippen LogP contribution in [0.2, 0.25) is 0 Å². The number of nitrogens with one attached hydrogen (secondary N) is 2. The van der Waals surface area contributed by atoms with Crippen molar-refractivity contribution in [2.45, 2.75) is 40.2 Å². The van der Waals surface area contributed by atoms with E-state index in [1.807, 2.05) is 43.3 Å². The first-order valence-corrected chi connectivity index (χ1v) is 9.60. The molecule has 5 nitrogen and oxygen atoms in total. The molecule has 0 heterocycles. The number of amides is 1. The highest BCUT2D eigenvalue weighted by molar-refractivity contribution is 5.88. The van der Waals surface area contributed by atoms with E-state index in [9.17, 15) is 4.79 Å². The van der Waals surface area contributed by atoms with Crippen molar-refractivity contribution in [3.63, 3.8) is 0 Å². The predicted molar refractivity (Wildman–Crippen MR) is 114 cm³/mol. The summed E-state index contributed by atoms with van der Waals surface area (Å²) in [6, 6.07) is 16.5. The van der Waals surface area contributed by atoms with Crippen LogP contribution in [0.3, 0.4) is 0 Å². The van der Waals surface area contributed by atoms with Crippen LogP contribution in [0.5, 0.6) is 5.75 Å². The lowest BCUT2D eigenvalue weighted by Gasteiger charge is -2.29. The van der Waals surface area contributed by atoms with Crippen molar-refractivity contribution < 1.29 is 9.53 Å². The lowest BCUT2D eigenvalue weighted by molar-refractivity contribution is -0.114. The van der Waals surface area contributed by atoms with Crippen LogP contribution in [0.15, 0.2) is 48.5 Å². The van der Waals surface area contributed by atoms with E-state index in [1.165, 1.54) is 12.6 Å². The topological polar surface area (TPSA) is 53.6 Å². The Morgan fingerprint density at radius 1 is 1.04 bits per heavy atom. The molecular formula is C22H31N3O2. The van der Waals surface area contributed by atoms with Crippen molar-refractivity contribution in [3.8, 4) is 5.75 Å². The van der Waals surface area contributed by atoms with Crippen LogP contribution in [-0.2, 0) is 4.79 Å². The zero-order valence-electron chi connectivity index (χ0n) is 16.8. The van der Waals surface area contributed by atoms with Gasteiger partial charge in [0.15, 0.2) is 0 Å². The molecule has 146 valence electrons. The zero-order valence-corrected chi connectivity index (χ0v) is 16.8. The molecule has 0 aromatic heterocycles. The van der Waals surface area contributed by atoms with Crippen LogP contribution in [-0.4, -0.2) is 31.6 Å². The smallest absolute Gasteiger partial charge is 0.221 e. The Kier molecular flexibility index (Phi) is 7.99. The van der Waals surface area contributed by atoms with E-state index < -0.39 is 0 Å². The summed E-state index contributed by atoms with van der Waals surface area (Å²) >= 11 is 0. The molecule has 0 fully saturated rings. The molecule has 5 heteroatoms. The number of nitrogens with zero attached hydrogens (tertiary/aromatic N) is 1. The fourth-order valence-corrected chi connectivity index (χ4v) is 2.94. The van der Waals surface area contributed by atoms with E-state index in [1.54, 1.807) is 0 Å². The Morgan fingerprint density at radius 3 is 2.22 bits per heavy atom. The molecule has 0 radical (unpaired) electrons. The van der Waals surface area contributed by atoms with E-state index in [2.05, 4.69) is 41.5 Å². The predicted octanol–water partition coefficient (Wildman–Crippen LogP) is 4.76. The highest BCUT2D eigenvalue weighted by atomic mass is 16.5. The van der Waals surface area contributed by atoms with Gasteiger partial charge in [0.25, 0.3) is 0 Å². The van der Waals surface area contributed by atoms with Gasteiger partial charge in [-0.1, -0.05) is 0 Å².